The molecule has 1 aromatic heterocycles. The van der Waals surface area contributed by atoms with E-state index in [9.17, 15) is 23.1 Å². The van der Waals surface area contributed by atoms with Crippen LogP contribution in [0.15, 0.2) is 32.7 Å². The van der Waals surface area contributed by atoms with Gasteiger partial charge in [-0.05, 0) is 43.4 Å². The largest absolute Gasteiger partial charge is 0.390 e. The van der Waals surface area contributed by atoms with Gasteiger partial charge in [0.05, 0.1) is 21.4 Å². The van der Waals surface area contributed by atoms with Crippen molar-refractivity contribution in [1.82, 2.24) is 13.4 Å². The normalized spacial score (nSPS) is 28.0. The molecule has 0 unspecified atom stereocenters. The van der Waals surface area contributed by atoms with Crippen LogP contribution in [0.1, 0.15) is 32.6 Å². The van der Waals surface area contributed by atoms with E-state index in [4.69, 9.17) is 0 Å². The second-order valence-electron chi connectivity index (χ2n) is 8.42. The zero-order chi connectivity index (χ0) is 21.1. The second kappa shape index (κ2) is 6.78. The van der Waals surface area contributed by atoms with Crippen LogP contribution in [0.25, 0.3) is 10.9 Å². The predicted molar refractivity (Wildman–Crippen MR) is 109 cm³/mol. The molecule has 2 fully saturated rings. The molecule has 1 aliphatic heterocycles. The molecule has 3 atom stereocenters. The predicted octanol–water partition coefficient (Wildman–Crippen LogP) is 0.799. The molecule has 1 aliphatic carbocycles. The van der Waals surface area contributed by atoms with E-state index in [1.807, 2.05) is 6.92 Å². The molecule has 1 saturated carbocycles. The lowest BCUT2D eigenvalue weighted by Gasteiger charge is -2.40. The highest BCUT2D eigenvalue weighted by atomic mass is 32.2. The molecule has 4 rings (SSSR count). The molecule has 158 valence electrons. The van der Waals surface area contributed by atoms with Gasteiger partial charge in [-0.1, -0.05) is 13.3 Å². The first-order valence-corrected chi connectivity index (χ1v) is 11.5. The Bertz CT molecular complexity index is 1200. The summed E-state index contributed by atoms with van der Waals surface area (Å²) in [7, 11) is -0.885. The zero-order valence-corrected chi connectivity index (χ0v) is 17.8. The number of hydrogen-bond donors (Lipinski definition) is 1. The number of benzene rings is 1. The Morgan fingerprint density at radius 1 is 1.17 bits per heavy atom. The van der Waals surface area contributed by atoms with Crippen LogP contribution in [-0.4, -0.2) is 45.7 Å². The molecule has 8 nitrogen and oxygen atoms in total. The highest BCUT2D eigenvalue weighted by Crippen LogP contribution is 2.45. The van der Waals surface area contributed by atoms with E-state index in [0.29, 0.717) is 31.4 Å². The molecule has 1 N–H and O–H groups in total. The Morgan fingerprint density at radius 2 is 1.90 bits per heavy atom. The van der Waals surface area contributed by atoms with Crippen molar-refractivity contribution in [2.75, 3.05) is 13.1 Å². The molecule has 2 aliphatic rings. The molecule has 0 spiro atoms. The van der Waals surface area contributed by atoms with Gasteiger partial charge in [-0.15, -0.1) is 0 Å². The monoisotopic (exact) mass is 421 g/mol. The summed E-state index contributed by atoms with van der Waals surface area (Å²) in [6, 6.07) is 4.32. The molecule has 0 radical (unpaired) electrons. The summed E-state index contributed by atoms with van der Waals surface area (Å²) in [5.41, 5.74) is -1.39. The lowest BCUT2D eigenvalue weighted by atomic mass is 9.69. The molecular weight excluding hydrogens is 394 g/mol. The molecule has 29 heavy (non-hydrogen) atoms. The summed E-state index contributed by atoms with van der Waals surface area (Å²) in [5.74, 6) is 0.0859. The summed E-state index contributed by atoms with van der Waals surface area (Å²) >= 11 is 0. The van der Waals surface area contributed by atoms with E-state index in [1.165, 1.54) is 34.1 Å². The summed E-state index contributed by atoms with van der Waals surface area (Å²) in [6.45, 7) is 2.63. The first kappa shape index (κ1) is 20.3. The first-order chi connectivity index (χ1) is 13.6. The number of aliphatic hydroxyl groups is 1. The van der Waals surface area contributed by atoms with Crippen molar-refractivity contribution >= 4 is 20.9 Å². The van der Waals surface area contributed by atoms with Gasteiger partial charge in [0.2, 0.25) is 10.0 Å². The molecule has 9 heteroatoms. The molecule has 1 aromatic carbocycles. The van der Waals surface area contributed by atoms with Crippen molar-refractivity contribution in [2.24, 2.45) is 25.9 Å². The topological polar surface area (TPSA) is 102 Å². The van der Waals surface area contributed by atoms with Crippen LogP contribution in [0.2, 0.25) is 0 Å². The smallest absolute Gasteiger partial charge is 0.330 e. The van der Waals surface area contributed by atoms with E-state index < -0.39 is 26.9 Å². The van der Waals surface area contributed by atoms with Crippen LogP contribution in [-0.2, 0) is 24.1 Å². The van der Waals surface area contributed by atoms with Crippen molar-refractivity contribution in [2.45, 2.75) is 43.1 Å². The Labute approximate surface area is 169 Å². The van der Waals surface area contributed by atoms with Gasteiger partial charge in [-0.3, -0.25) is 13.9 Å². The molecule has 2 heterocycles. The number of rotatable bonds is 3. The second-order valence-corrected chi connectivity index (χ2v) is 10.4. The van der Waals surface area contributed by atoms with Gasteiger partial charge in [0.25, 0.3) is 5.56 Å². The minimum absolute atomic E-state index is 0.0411. The number of sulfonamides is 1. The van der Waals surface area contributed by atoms with E-state index in [0.717, 1.165) is 17.4 Å². The van der Waals surface area contributed by atoms with Gasteiger partial charge >= 0.3 is 5.69 Å². The highest BCUT2D eigenvalue weighted by molar-refractivity contribution is 7.89. The van der Waals surface area contributed by atoms with E-state index in [1.54, 1.807) is 7.05 Å². The third-order valence-corrected chi connectivity index (χ3v) is 8.80. The van der Waals surface area contributed by atoms with Crippen molar-refractivity contribution in [3.63, 3.8) is 0 Å². The van der Waals surface area contributed by atoms with Crippen LogP contribution in [0.4, 0.5) is 0 Å². The number of hydrogen-bond acceptors (Lipinski definition) is 5. The van der Waals surface area contributed by atoms with E-state index >= 15 is 0 Å². The van der Waals surface area contributed by atoms with Crippen molar-refractivity contribution in [3.8, 4) is 0 Å². The van der Waals surface area contributed by atoms with E-state index in [-0.39, 0.29) is 22.1 Å². The number of aryl methyl sites for hydroxylation is 1. The molecule has 2 aromatic rings. The van der Waals surface area contributed by atoms with E-state index in [2.05, 4.69) is 0 Å². The maximum absolute atomic E-state index is 13.3. The Hall–Kier alpha value is -1.97. The van der Waals surface area contributed by atoms with Gasteiger partial charge in [-0.2, -0.15) is 4.31 Å². The Morgan fingerprint density at radius 3 is 2.59 bits per heavy atom. The maximum atomic E-state index is 13.3. The minimum Gasteiger partial charge on any atom is -0.390 e. The molecule has 0 amide bonds. The first-order valence-electron chi connectivity index (χ1n) is 10.0. The zero-order valence-electron chi connectivity index (χ0n) is 17.0. The van der Waals surface area contributed by atoms with Crippen LogP contribution in [0.3, 0.4) is 0 Å². The lowest BCUT2D eigenvalue weighted by molar-refractivity contribution is -0.0605. The van der Waals surface area contributed by atoms with Gasteiger partial charge in [0.15, 0.2) is 0 Å². The van der Waals surface area contributed by atoms with Gasteiger partial charge in [0.1, 0.15) is 0 Å². The molecule has 0 bridgehead atoms. The Kier molecular flexibility index (Phi) is 4.75. The number of fused-ring (bicyclic) bond motifs is 2. The van der Waals surface area contributed by atoms with Crippen molar-refractivity contribution in [1.29, 1.82) is 0 Å². The Balaban J connectivity index is 1.76. The minimum atomic E-state index is -3.81. The van der Waals surface area contributed by atoms with Crippen LogP contribution < -0.4 is 11.2 Å². The third kappa shape index (κ3) is 2.98. The number of aromatic nitrogens is 2. The fourth-order valence-electron chi connectivity index (χ4n) is 5.11. The van der Waals surface area contributed by atoms with Crippen LogP contribution >= 0.6 is 0 Å². The van der Waals surface area contributed by atoms with Crippen LogP contribution in [0, 0.1) is 11.8 Å². The maximum Gasteiger partial charge on any atom is 0.330 e. The fraction of sp³-hybridized carbons (Fsp3) is 0.600. The molecular formula is C20H27N3O5S. The van der Waals surface area contributed by atoms with Crippen molar-refractivity contribution in [3.05, 3.63) is 39.0 Å². The average molecular weight is 422 g/mol. The fourth-order valence-corrected chi connectivity index (χ4v) is 6.66. The van der Waals surface area contributed by atoms with Crippen molar-refractivity contribution < 1.29 is 13.5 Å². The van der Waals surface area contributed by atoms with Crippen LogP contribution in [0.5, 0.6) is 0 Å². The lowest BCUT2D eigenvalue weighted by Crippen LogP contribution is -2.44. The van der Waals surface area contributed by atoms with Gasteiger partial charge in [-0.25, -0.2) is 13.2 Å². The number of nitrogens with zero attached hydrogens (tertiary/aromatic N) is 3. The van der Waals surface area contributed by atoms with Gasteiger partial charge in [0, 0.05) is 33.1 Å². The quantitative estimate of drug-likeness (QED) is 0.790. The summed E-state index contributed by atoms with van der Waals surface area (Å²) in [4.78, 5) is 24.7. The van der Waals surface area contributed by atoms with Gasteiger partial charge < -0.3 is 5.11 Å². The molecule has 1 saturated heterocycles. The summed E-state index contributed by atoms with van der Waals surface area (Å²) in [6.07, 6.45) is 3.14. The standard InChI is InChI=1S/C20H27N3O5S/c1-4-20(26)9-5-6-13-11-23(12-16(13)20)29(27,28)14-7-8-17-15(10-14)18(24)22(3)19(25)21(17)2/h7-8,10,13,16,26H,4-6,9,11-12H2,1-3H3/t13-,16+,20-/m1/s1. The third-order valence-electron chi connectivity index (χ3n) is 6.97. The average Bonchev–Trinajstić information content (AvgIpc) is 3.17. The SMILES string of the molecule is CC[C@@]1(O)CCC[C@@H]2CN(S(=O)(=O)c3ccc4c(c3)c(=O)n(C)c(=O)n4C)C[C@@H]21. The summed E-state index contributed by atoms with van der Waals surface area (Å²) < 4.78 is 30.4. The summed E-state index contributed by atoms with van der Waals surface area (Å²) in [5, 5.41) is 11.2. The highest BCUT2D eigenvalue weighted by Gasteiger charge is 2.50.